The van der Waals surface area contributed by atoms with Gasteiger partial charge in [-0.15, -0.1) is 0 Å². The Balaban J connectivity index is 1.74. The van der Waals surface area contributed by atoms with Crippen LogP contribution < -0.4 is 9.47 Å². The van der Waals surface area contributed by atoms with Gasteiger partial charge in [-0.1, -0.05) is 25.5 Å². The number of aliphatic imine (C=N–C) groups is 1. The van der Waals surface area contributed by atoms with Crippen LogP contribution in [0.15, 0.2) is 57.1 Å². The van der Waals surface area contributed by atoms with Crippen molar-refractivity contribution in [2.45, 2.75) is 59.0 Å². The predicted octanol–water partition coefficient (Wildman–Crippen LogP) is 7.07. The Hall–Kier alpha value is -3.51. The maximum absolute atomic E-state index is 13.4. The van der Waals surface area contributed by atoms with Gasteiger partial charge in [0.25, 0.3) is 5.69 Å². The predicted molar refractivity (Wildman–Crippen MR) is 147 cm³/mol. The number of para-hydroxylation sites is 1. The SMILES string of the molecule is CCCC1CC(=O)C2=C(C1)N=C(C)C(C#N)C2c1cc(Br)c(OCc2ccccc2[N+](=O)[O-])c(OCC)c1. The molecule has 8 nitrogen and oxygen atoms in total. The number of ketones is 1. The van der Waals surface area contributed by atoms with Crippen LogP contribution in [0.3, 0.4) is 0 Å². The number of nitrogens with zero attached hydrogens (tertiary/aromatic N) is 3. The second-order valence-corrected chi connectivity index (χ2v) is 10.5. The van der Waals surface area contributed by atoms with E-state index in [1.54, 1.807) is 18.2 Å². The van der Waals surface area contributed by atoms with Crippen LogP contribution in [0.1, 0.15) is 63.5 Å². The van der Waals surface area contributed by atoms with Gasteiger partial charge in [0.15, 0.2) is 17.3 Å². The molecule has 0 saturated heterocycles. The van der Waals surface area contributed by atoms with Crippen molar-refractivity contribution in [2.75, 3.05) is 6.61 Å². The summed E-state index contributed by atoms with van der Waals surface area (Å²) in [6.45, 7) is 6.14. The van der Waals surface area contributed by atoms with Crippen molar-refractivity contribution in [3.63, 3.8) is 0 Å². The van der Waals surface area contributed by atoms with E-state index in [1.807, 2.05) is 26.0 Å². The van der Waals surface area contributed by atoms with Crippen LogP contribution in [0.4, 0.5) is 5.69 Å². The number of nitro groups is 1. The standard InChI is InChI=1S/C29H30BrN3O5/c1-4-8-18-11-23-28(25(34)12-18)27(21(15-31)17(3)32-23)20-13-22(30)29(26(14-20)37-5-2)38-16-19-9-6-7-10-24(19)33(35)36/h6-7,9-10,13-14,18,21,27H,4-5,8,11-12,16H2,1-3H3. The fourth-order valence-corrected chi connectivity index (χ4v) is 5.98. The molecule has 0 fully saturated rings. The van der Waals surface area contributed by atoms with E-state index >= 15 is 0 Å². The minimum Gasteiger partial charge on any atom is -0.490 e. The lowest BCUT2D eigenvalue weighted by molar-refractivity contribution is -0.385. The monoisotopic (exact) mass is 579 g/mol. The Morgan fingerprint density at radius 1 is 1.21 bits per heavy atom. The number of nitriles is 1. The normalized spacial score (nSPS) is 20.9. The number of carbonyl (C=O) groups is 1. The zero-order valence-electron chi connectivity index (χ0n) is 21.7. The number of rotatable bonds is 9. The molecule has 4 rings (SSSR count). The first-order valence-electron chi connectivity index (χ1n) is 12.8. The molecule has 0 N–H and O–H groups in total. The Kier molecular flexibility index (Phi) is 8.62. The quantitative estimate of drug-likeness (QED) is 0.232. The van der Waals surface area contributed by atoms with Gasteiger partial charge in [0.05, 0.1) is 33.6 Å². The van der Waals surface area contributed by atoms with E-state index in [1.165, 1.54) is 6.07 Å². The van der Waals surface area contributed by atoms with Crippen molar-refractivity contribution < 1.29 is 19.2 Å². The summed E-state index contributed by atoms with van der Waals surface area (Å²) < 4.78 is 12.5. The van der Waals surface area contributed by atoms with Crippen molar-refractivity contribution >= 4 is 33.1 Å². The Morgan fingerprint density at radius 3 is 2.66 bits per heavy atom. The van der Waals surface area contributed by atoms with Gasteiger partial charge in [0.2, 0.25) is 0 Å². The second kappa shape index (κ2) is 11.9. The minimum atomic E-state index is -0.583. The maximum Gasteiger partial charge on any atom is 0.276 e. The van der Waals surface area contributed by atoms with Crippen LogP contribution in [0.5, 0.6) is 11.5 Å². The molecule has 38 heavy (non-hydrogen) atoms. The van der Waals surface area contributed by atoms with Crippen LogP contribution >= 0.6 is 15.9 Å². The van der Waals surface area contributed by atoms with E-state index in [0.717, 1.165) is 30.5 Å². The summed E-state index contributed by atoms with van der Waals surface area (Å²) in [6, 6.07) is 12.5. The van der Waals surface area contributed by atoms with Gasteiger partial charge in [-0.3, -0.25) is 19.9 Å². The van der Waals surface area contributed by atoms with Gasteiger partial charge < -0.3 is 9.47 Å². The highest BCUT2D eigenvalue weighted by Crippen LogP contribution is 2.48. The molecule has 3 atom stereocenters. The molecule has 3 unspecified atom stereocenters. The first-order valence-corrected chi connectivity index (χ1v) is 13.6. The average Bonchev–Trinajstić information content (AvgIpc) is 2.87. The fraction of sp³-hybridized carbons (Fsp3) is 0.414. The summed E-state index contributed by atoms with van der Waals surface area (Å²) >= 11 is 3.59. The molecular weight excluding hydrogens is 550 g/mol. The van der Waals surface area contributed by atoms with Gasteiger partial charge in [0.1, 0.15) is 6.61 Å². The van der Waals surface area contributed by atoms with Crippen molar-refractivity contribution in [1.29, 1.82) is 5.26 Å². The van der Waals surface area contributed by atoms with E-state index in [4.69, 9.17) is 14.5 Å². The van der Waals surface area contributed by atoms with E-state index in [-0.39, 0.29) is 24.0 Å². The van der Waals surface area contributed by atoms with Crippen LogP contribution in [0.25, 0.3) is 0 Å². The zero-order valence-corrected chi connectivity index (χ0v) is 23.3. The smallest absolute Gasteiger partial charge is 0.276 e. The molecule has 0 amide bonds. The molecule has 9 heteroatoms. The molecule has 1 aliphatic carbocycles. The van der Waals surface area contributed by atoms with Crippen molar-refractivity contribution in [3.8, 4) is 17.6 Å². The van der Waals surface area contributed by atoms with Crippen molar-refractivity contribution in [1.82, 2.24) is 0 Å². The van der Waals surface area contributed by atoms with E-state index < -0.39 is 16.8 Å². The third-order valence-corrected chi connectivity index (χ3v) is 7.65. The molecule has 198 valence electrons. The highest BCUT2D eigenvalue weighted by molar-refractivity contribution is 9.10. The number of hydrogen-bond acceptors (Lipinski definition) is 7. The first kappa shape index (κ1) is 27.5. The summed E-state index contributed by atoms with van der Waals surface area (Å²) in [6.07, 6.45) is 3.17. The maximum atomic E-state index is 13.4. The molecule has 2 aromatic rings. The summed E-state index contributed by atoms with van der Waals surface area (Å²) in [5, 5.41) is 21.5. The average molecular weight is 580 g/mol. The Morgan fingerprint density at radius 2 is 1.97 bits per heavy atom. The summed E-state index contributed by atoms with van der Waals surface area (Å²) in [7, 11) is 0. The number of benzene rings is 2. The van der Waals surface area contributed by atoms with Crippen LogP contribution in [-0.2, 0) is 11.4 Å². The van der Waals surface area contributed by atoms with Crippen molar-refractivity contribution in [2.24, 2.45) is 16.8 Å². The molecular formula is C29H30BrN3O5. The lowest BCUT2D eigenvalue weighted by Crippen LogP contribution is -2.32. The molecule has 2 aromatic carbocycles. The first-order chi connectivity index (χ1) is 18.3. The van der Waals surface area contributed by atoms with Crippen LogP contribution in [0, 0.1) is 33.3 Å². The molecule has 0 aromatic heterocycles. The Bertz CT molecular complexity index is 1360. The third kappa shape index (κ3) is 5.51. The number of hydrogen-bond donors (Lipinski definition) is 0. The number of halogens is 1. The van der Waals surface area contributed by atoms with Crippen LogP contribution in [0.2, 0.25) is 0 Å². The Labute approximate surface area is 230 Å². The number of nitro benzene ring substituents is 1. The molecule has 0 radical (unpaired) electrons. The molecule has 0 bridgehead atoms. The van der Waals surface area contributed by atoms with E-state index in [2.05, 4.69) is 28.9 Å². The third-order valence-electron chi connectivity index (χ3n) is 7.06. The van der Waals surface area contributed by atoms with Gasteiger partial charge in [-0.05, 0) is 72.3 Å². The lowest BCUT2D eigenvalue weighted by atomic mass is 9.70. The van der Waals surface area contributed by atoms with E-state index in [0.29, 0.717) is 45.8 Å². The molecule has 0 saturated carbocycles. The van der Waals surface area contributed by atoms with Gasteiger partial charge in [-0.25, -0.2) is 0 Å². The summed E-state index contributed by atoms with van der Waals surface area (Å²) in [4.78, 5) is 29.1. The lowest BCUT2D eigenvalue weighted by Gasteiger charge is -2.35. The summed E-state index contributed by atoms with van der Waals surface area (Å²) in [5.41, 5.74) is 3.28. The molecule has 1 heterocycles. The number of Topliss-reactive ketones (excluding diaryl/α,β-unsaturated/α-hetero) is 1. The molecule has 1 aliphatic heterocycles. The topological polar surface area (TPSA) is 115 Å². The summed E-state index contributed by atoms with van der Waals surface area (Å²) in [5.74, 6) is 0.0997. The highest BCUT2D eigenvalue weighted by atomic mass is 79.9. The van der Waals surface area contributed by atoms with E-state index in [9.17, 15) is 20.2 Å². The minimum absolute atomic E-state index is 0.0244. The van der Waals surface area contributed by atoms with Crippen molar-refractivity contribution in [3.05, 3.63) is 73.4 Å². The highest BCUT2D eigenvalue weighted by Gasteiger charge is 2.41. The largest absolute Gasteiger partial charge is 0.490 e. The van der Waals surface area contributed by atoms with Gasteiger partial charge in [-0.2, -0.15) is 5.26 Å². The zero-order chi connectivity index (χ0) is 27.4. The van der Waals surface area contributed by atoms with Gasteiger partial charge in [0, 0.05) is 35.4 Å². The second-order valence-electron chi connectivity index (χ2n) is 9.62. The number of ether oxygens (including phenoxy) is 2. The number of allylic oxidation sites excluding steroid dienone is 2. The fourth-order valence-electron chi connectivity index (χ4n) is 5.41. The molecule has 0 spiro atoms. The van der Waals surface area contributed by atoms with Gasteiger partial charge >= 0.3 is 0 Å². The number of carbonyl (C=O) groups excluding carboxylic acids is 1. The molecule has 2 aliphatic rings. The van der Waals surface area contributed by atoms with Crippen LogP contribution in [-0.4, -0.2) is 23.0 Å².